The van der Waals surface area contributed by atoms with Gasteiger partial charge >= 0.3 is 0 Å². The third-order valence-electron chi connectivity index (χ3n) is 2.06. The number of nitrogens with zero attached hydrogens (tertiary/aromatic N) is 2. The standard InChI is InChI=1S/C11H7FN2O/c1-15-11-8(6-13)4-7-5-9(12)2-3-10(7)14-11/h2-5H,1H3. The fourth-order valence-electron chi connectivity index (χ4n) is 1.37. The molecule has 0 N–H and O–H groups in total. The molecule has 1 heterocycles. The second-order valence-electron chi connectivity index (χ2n) is 2.99. The smallest absolute Gasteiger partial charge is 0.231 e. The van der Waals surface area contributed by atoms with Gasteiger partial charge in [0, 0.05) is 5.39 Å². The highest BCUT2D eigenvalue weighted by Crippen LogP contribution is 2.21. The number of benzene rings is 1. The van der Waals surface area contributed by atoms with E-state index in [0.29, 0.717) is 16.5 Å². The van der Waals surface area contributed by atoms with E-state index in [0.717, 1.165) is 0 Å². The van der Waals surface area contributed by atoms with Crippen molar-refractivity contribution < 1.29 is 9.13 Å². The van der Waals surface area contributed by atoms with Crippen molar-refractivity contribution in [2.24, 2.45) is 0 Å². The highest BCUT2D eigenvalue weighted by atomic mass is 19.1. The minimum Gasteiger partial charge on any atom is -0.480 e. The predicted molar refractivity (Wildman–Crippen MR) is 53.0 cm³/mol. The van der Waals surface area contributed by atoms with Gasteiger partial charge in [-0.05, 0) is 24.3 Å². The predicted octanol–water partition coefficient (Wildman–Crippen LogP) is 2.25. The fourth-order valence-corrected chi connectivity index (χ4v) is 1.37. The average Bonchev–Trinajstić information content (AvgIpc) is 2.27. The highest BCUT2D eigenvalue weighted by molar-refractivity contribution is 5.81. The molecule has 0 saturated heterocycles. The van der Waals surface area contributed by atoms with Gasteiger partial charge in [0.1, 0.15) is 17.4 Å². The Hall–Kier alpha value is -2.15. The van der Waals surface area contributed by atoms with E-state index in [1.54, 1.807) is 12.1 Å². The summed E-state index contributed by atoms with van der Waals surface area (Å²) >= 11 is 0. The first kappa shape index (κ1) is 9.41. The Morgan fingerprint density at radius 2 is 2.20 bits per heavy atom. The Bertz CT molecular complexity index is 560. The number of nitriles is 1. The van der Waals surface area contributed by atoms with Crippen LogP contribution in [-0.2, 0) is 0 Å². The fraction of sp³-hybridized carbons (Fsp3) is 0.0909. The zero-order valence-corrected chi connectivity index (χ0v) is 7.99. The summed E-state index contributed by atoms with van der Waals surface area (Å²) in [6.45, 7) is 0. The van der Waals surface area contributed by atoms with Crippen LogP contribution in [0.25, 0.3) is 10.9 Å². The van der Waals surface area contributed by atoms with E-state index in [9.17, 15) is 4.39 Å². The molecule has 2 rings (SSSR count). The maximum Gasteiger partial charge on any atom is 0.231 e. The average molecular weight is 202 g/mol. The number of ether oxygens (including phenoxy) is 1. The summed E-state index contributed by atoms with van der Waals surface area (Å²) in [5, 5.41) is 9.40. The molecule has 0 aliphatic heterocycles. The molecule has 0 aliphatic carbocycles. The number of methoxy groups -OCH3 is 1. The summed E-state index contributed by atoms with van der Waals surface area (Å²) in [5.41, 5.74) is 0.905. The van der Waals surface area contributed by atoms with E-state index in [1.165, 1.54) is 19.2 Å². The van der Waals surface area contributed by atoms with Gasteiger partial charge in [0.15, 0.2) is 0 Å². The quantitative estimate of drug-likeness (QED) is 0.712. The molecular formula is C11H7FN2O. The van der Waals surface area contributed by atoms with Crippen LogP contribution in [0.5, 0.6) is 5.88 Å². The number of aromatic nitrogens is 1. The van der Waals surface area contributed by atoms with E-state index >= 15 is 0 Å². The molecule has 0 radical (unpaired) electrons. The van der Waals surface area contributed by atoms with Gasteiger partial charge in [0.25, 0.3) is 0 Å². The van der Waals surface area contributed by atoms with Crippen molar-refractivity contribution in [2.75, 3.05) is 7.11 Å². The molecule has 0 saturated carbocycles. The molecule has 1 aromatic heterocycles. The Balaban J connectivity index is 2.77. The molecule has 4 heteroatoms. The molecule has 0 aliphatic rings. The van der Waals surface area contributed by atoms with Crippen LogP contribution in [-0.4, -0.2) is 12.1 Å². The van der Waals surface area contributed by atoms with Gasteiger partial charge in [0.05, 0.1) is 12.6 Å². The van der Waals surface area contributed by atoms with Crippen LogP contribution in [0, 0.1) is 17.1 Å². The van der Waals surface area contributed by atoms with Crippen LogP contribution in [0.2, 0.25) is 0 Å². The summed E-state index contributed by atoms with van der Waals surface area (Å²) in [5.74, 6) is -0.0880. The Morgan fingerprint density at radius 1 is 1.40 bits per heavy atom. The first-order chi connectivity index (χ1) is 7.24. The lowest BCUT2D eigenvalue weighted by Gasteiger charge is -2.03. The summed E-state index contributed by atoms with van der Waals surface area (Å²) < 4.78 is 17.9. The molecule has 0 spiro atoms. The van der Waals surface area contributed by atoms with Gasteiger partial charge in [0.2, 0.25) is 5.88 Å². The molecule has 1 aromatic carbocycles. The molecule has 0 amide bonds. The Labute approximate surface area is 85.7 Å². The van der Waals surface area contributed by atoms with Crippen molar-refractivity contribution in [1.29, 1.82) is 5.26 Å². The van der Waals surface area contributed by atoms with Crippen molar-refractivity contribution in [3.8, 4) is 11.9 Å². The van der Waals surface area contributed by atoms with Gasteiger partial charge in [-0.3, -0.25) is 0 Å². The van der Waals surface area contributed by atoms with E-state index in [1.807, 2.05) is 6.07 Å². The van der Waals surface area contributed by atoms with Crippen LogP contribution >= 0.6 is 0 Å². The number of hydrogen-bond donors (Lipinski definition) is 0. The van der Waals surface area contributed by atoms with Crippen molar-refractivity contribution in [2.45, 2.75) is 0 Å². The van der Waals surface area contributed by atoms with Gasteiger partial charge in [-0.25, -0.2) is 9.37 Å². The second kappa shape index (κ2) is 3.54. The van der Waals surface area contributed by atoms with Gasteiger partial charge in [-0.2, -0.15) is 5.26 Å². The third-order valence-corrected chi connectivity index (χ3v) is 2.06. The van der Waals surface area contributed by atoms with Crippen molar-refractivity contribution in [3.63, 3.8) is 0 Å². The Kier molecular flexibility index (Phi) is 2.22. The summed E-state index contributed by atoms with van der Waals surface area (Å²) in [6, 6.07) is 7.71. The number of rotatable bonds is 1. The first-order valence-corrected chi connectivity index (χ1v) is 4.29. The summed E-state index contributed by atoms with van der Waals surface area (Å²) in [7, 11) is 1.44. The van der Waals surface area contributed by atoms with Crippen LogP contribution in [0.1, 0.15) is 5.56 Å². The number of hydrogen-bond acceptors (Lipinski definition) is 3. The van der Waals surface area contributed by atoms with E-state index < -0.39 is 0 Å². The highest BCUT2D eigenvalue weighted by Gasteiger charge is 2.06. The number of halogens is 1. The van der Waals surface area contributed by atoms with Crippen LogP contribution in [0.3, 0.4) is 0 Å². The molecule has 74 valence electrons. The molecule has 0 unspecified atom stereocenters. The van der Waals surface area contributed by atoms with Gasteiger partial charge in [-0.15, -0.1) is 0 Å². The maximum absolute atomic E-state index is 12.9. The summed E-state index contributed by atoms with van der Waals surface area (Å²) in [6.07, 6.45) is 0. The van der Waals surface area contributed by atoms with Crippen LogP contribution in [0.4, 0.5) is 4.39 Å². The lowest BCUT2D eigenvalue weighted by Crippen LogP contribution is -1.93. The largest absolute Gasteiger partial charge is 0.480 e. The molecule has 2 aromatic rings. The van der Waals surface area contributed by atoms with Crippen molar-refractivity contribution in [1.82, 2.24) is 4.98 Å². The van der Waals surface area contributed by atoms with Crippen molar-refractivity contribution >= 4 is 10.9 Å². The molecule has 3 nitrogen and oxygen atoms in total. The minimum absolute atomic E-state index is 0.261. The topological polar surface area (TPSA) is 45.9 Å². The minimum atomic E-state index is -0.349. The third kappa shape index (κ3) is 1.59. The lowest BCUT2D eigenvalue weighted by molar-refractivity contribution is 0.398. The van der Waals surface area contributed by atoms with Crippen LogP contribution in [0.15, 0.2) is 24.3 Å². The number of fused-ring (bicyclic) bond motifs is 1. The molecule has 0 bridgehead atoms. The maximum atomic E-state index is 12.9. The van der Waals surface area contributed by atoms with Gasteiger partial charge < -0.3 is 4.74 Å². The summed E-state index contributed by atoms with van der Waals surface area (Å²) in [4.78, 5) is 4.09. The Morgan fingerprint density at radius 3 is 2.87 bits per heavy atom. The molecule has 0 fully saturated rings. The molecule has 15 heavy (non-hydrogen) atoms. The number of pyridine rings is 1. The van der Waals surface area contributed by atoms with E-state index in [4.69, 9.17) is 10.00 Å². The normalized spacial score (nSPS) is 9.93. The lowest BCUT2D eigenvalue weighted by atomic mass is 10.1. The first-order valence-electron chi connectivity index (χ1n) is 4.29. The van der Waals surface area contributed by atoms with E-state index in [2.05, 4.69) is 4.98 Å². The van der Waals surface area contributed by atoms with Crippen LogP contribution < -0.4 is 4.74 Å². The van der Waals surface area contributed by atoms with Crippen molar-refractivity contribution in [3.05, 3.63) is 35.6 Å². The molecule has 0 atom stereocenters. The second-order valence-corrected chi connectivity index (χ2v) is 2.99. The molecular weight excluding hydrogens is 195 g/mol. The van der Waals surface area contributed by atoms with Gasteiger partial charge in [-0.1, -0.05) is 0 Å². The SMILES string of the molecule is COc1nc2ccc(F)cc2cc1C#N. The monoisotopic (exact) mass is 202 g/mol. The zero-order valence-electron chi connectivity index (χ0n) is 7.99. The van der Waals surface area contributed by atoms with E-state index in [-0.39, 0.29) is 11.7 Å². The zero-order chi connectivity index (χ0) is 10.8.